The lowest BCUT2D eigenvalue weighted by atomic mass is 10.3. The molecule has 1 saturated heterocycles. The van der Waals surface area contributed by atoms with Crippen molar-refractivity contribution in [3.8, 4) is 5.75 Å². The lowest BCUT2D eigenvalue weighted by molar-refractivity contribution is -0.127. The Balaban J connectivity index is 1.58. The van der Waals surface area contributed by atoms with Crippen molar-refractivity contribution in [3.63, 3.8) is 0 Å². The van der Waals surface area contributed by atoms with E-state index < -0.39 is 6.10 Å². The molecule has 138 valence electrons. The fourth-order valence-corrected chi connectivity index (χ4v) is 2.71. The minimum atomic E-state index is -0.596. The summed E-state index contributed by atoms with van der Waals surface area (Å²) >= 11 is 0. The summed E-state index contributed by atoms with van der Waals surface area (Å²) in [5, 5.41) is 2.84. The largest absolute Gasteiger partial charge is 0.481 e. The number of para-hydroxylation sites is 1. The summed E-state index contributed by atoms with van der Waals surface area (Å²) in [6.45, 7) is 6.93. The fraction of sp³-hybridized carbons (Fsp3) is 0.421. The molecule has 0 bridgehead atoms. The number of aromatic nitrogens is 2. The van der Waals surface area contributed by atoms with E-state index in [0.29, 0.717) is 24.8 Å². The molecule has 1 atom stereocenters. The van der Waals surface area contributed by atoms with Crippen LogP contribution in [0.15, 0.2) is 36.4 Å². The third-order valence-corrected chi connectivity index (χ3v) is 4.07. The summed E-state index contributed by atoms with van der Waals surface area (Å²) in [6, 6.07) is 11.2. The highest BCUT2D eigenvalue weighted by molar-refractivity contribution is 5.80. The Labute approximate surface area is 153 Å². The Kier molecular flexibility index (Phi) is 6.01. The molecule has 2 heterocycles. The molecule has 3 rings (SSSR count). The maximum atomic E-state index is 12.3. The van der Waals surface area contributed by atoms with Gasteiger partial charge in [-0.3, -0.25) is 4.79 Å². The number of hydrogen-bond acceptors (Lipinski definition) is 6. The molecule has 1 amide bonds. The maximum absolute atomic E-state index is 12.3. The van der Waals surface area contributed by atoms with Gasteiger partial charge in [0.2, 0.25) is 0 Å². The van der Waals surface area contributed by atoms with E-state index >= 15 is 0 Å². The van der Waals surface area contributed by atoms with Gasteiger partial charge in [-0.1, -0.05) is 18.2 Å². The monoisotopic (exact) mass is 356 g/mol. The Morgan fingerprint density at radius 1 is 1.27 bits per heavy atom. The number of anilines is 1. The molecule has 1 aliphatic rings. The topological polar surface area (TPSA) is 76.6 Å². The number of carbonyl (C=O) groups excluding carboxylic acids is 1. The number of morpholine rings is 1. The van der Waals surface area contributed by atoms with Gasteiger partial charge in [0, 0.05) is 24.8 Å². The predicted molar refractivity (Wildman–Crippen MR) is 98.2 cm³/mol. The van der Waals surface area contributed by atoms with Crippen LogP contribution in [0.4, 0.5) is 5.82 Å². The molecule has 0 aliphatic carbocycles. The molecule has 7 nitrogen and oxygen atoms in total. The highest BCUT2D eigenvalue weighted by Crippen LogP contribution is 2.14. The van der Waals surface area contributed by atoms with Crippen LogP contribution in [0.1, 0.15) is 18.4 Å². The molecule has 2 aromatic rings. The second-order valence-electron chi connectivity index (χ2n) is 6.17. The predicted octanol–water partition coefficient (Wildman–Crippen LogP) is 1.71. The molecular formula is C19H24N4O3. The smallest absolute Gasteiger partial charge is 0.261 e. The Morgan fingerprint density at radius 3 is 2.73 bits per heavy atom. The Bertz CT molecular complexity index is 733. The maximum Gasteiger partial charge on any atom is 0.261 e. The van der Waals surface area contributed by atoms with Gasteiger partial charge >= 0.3 is 0 Å². The van der Waals surface area contributed by atoms with E-state index in [9.17, 15) is 4.79 Å². The van der Waals surface area contributed by atoms with Crippen molar-refractivity contribution in [2.75, 3.05) is 31.2 Å². The molecule has 0 saturated carbocycles. The molecule has 26 heavy (non-hydrogen) atoms. The lowest BCUT2D eigenvalue weighted by Crippen LogP contribution is -2.38. The fourth-order valence-electron chi connectivity index (χ4n) is 2.71. The summed E-state index contributed by atoms with van der Waals surface area (Å²) in [7, 11) is 0. The van der Waals surface area contributed by atoms with Crippen LogP contribution in [-0.2, 0) is 16.1 Å². The molecule has 1 aromatic carbocycles. The summed E-state index contributed by atoms with van der Waals surface area (Å²) in [6.07, 6.45) is -0.596. The first-order valence-corrected chi connectivity index (χ1v) is 8.78. The second kappa shape index (κ2) is 8.62. The van der Waals surface area contributed by atoms with Crippen LogP contribution >= 0.6 is 0 Å². The van der Waals surface area contributed by atoms with Gasteiger partial charge in [-0.15, -0.1) is 0 Å². The van der Waals surface area contributed by atoms with Crippen molar-refractivity contribution in [3.05, 3.63) is 47.9 Å². The normalized spacial score (nSPS) is 15.4. The summed E-state index contributed by atoms with van der Waals surface area (Å²) < 4.78 is 11.0. The van der Waals surface area contributed by atoms with Gasteiger partial charge in [0.1, 0.15) is 17.4 Å². The molecule has 0 unspecified atom stereocenters. The third kappa shape index (κ3) is 4.92. The minimum absolute atomic E-state index is 0.202. The molecule has 1 aliphatic heterocycles. The number of amides is 1. The van der Waals surface area contributed by atoms with Crippen molar-refractivity contribution in [2.45, 2.75) is 26.5 Å². The van der Waals surface area contributed by atoms with Crippen LogP contribution < -0.4 is 15.0 Å². The van der Waals surface area contributed by atoms with Gasteiger partial charge in [-0.05, 0) is 26.0 Å². The van der Waals surface area contributed by atoms with Crippen molar-refractivity contribution in [2.24, 2.45) is 0 Å². The molecule has 1 aromatic heterocycles. The van der Waals surface area contributed by atoms with Gasteiger partial charge in [0.25, 0.3) is 5.91 Å². The highest BCUT2D eigenvalue weighted by atomic mass is 16.5. The number of carbonyl (C=O) groups is 1. The third-order valence-electron chi connectivity index (χ3n) is 4.07. The molecular weight excluding hydrogens is 332 g/mol. The van der Waals surface area contributed by atoms with Crippen LogP contribution in [0.2, 0.25) is 0 Å². The highest BCUT2D eigenvalue weighted by Gasteiger charge is 2.17. The van der Waals surface area contributed by atoms with E-state index in [1.54, 1.807) is 6.92 Å². The van der Waals surface area contributed by atoms with Gasteiger partial charge in [-0.25, -0.2) is 9.97 Å². The molecule has 1 N–H and O–H groups in total. The average molecular weight is 356 g/mol. The van der Waals surface area contributed by atoms with Gasteiger partial charge in [-0.2, -0.15) is 0 Å². The SMILES string of the molecule is Cc1cc(N2CCOCC2)nc(CNC(=O)[C@@H](C)Oc2ccccc2)n1. The van der Waals surface area contributed by atoms with E-state index in [1.165, 1.54) is 0 Å². The van der Waals surface area contributed by atoms with Crippen molar-refractivity contribution in [1.29, 1.82) is 0 Å². The zero-order valence-electron chi connectivity index (χ0n) is 15.1. The lowest BCUT2D eigenvalue weighted by Gasteiger charge is -2.28. The van der Waals surface area contributed by atoms with E-state index in [4.69, 9.17) is 9.47 Å². The number of nitrogens with one attached hydrogen (secondary N) is 1. The Morgan fingerprint density at radius 2 is 2.00 bits per heavy atom. The Hall–Kier alpha value is -2.67. The van der Waals surface area contributed by atoms with Gasteiger partial charge in [0.05, 0.1) is 19.8 Å². The van der Waals surface area contributed by atoms with Crippen molar-refractivity contribution < 1.29 is 14.3 Å². The molecule has 0 spiro atoms. The van der Waals surface area contributed by atoms with Gasteiger partial charge in [0.15, 0.2) is 6.10 Å². The van der Waals surface area contributed by atoms with Crippen molar-refractivity contribution in [1.82, 2.24) is 15.3 Å². The van der Waals surface area contributed by atoms with Crippen LogP contribution in [0.3, 0.4) is 0 Å². The van der Waals surface area contributed by atoms with Crippen LogP contribution in [0.25, 0.3) is 0 Å². The van der Waals surface area contributed by atoms with Crippen LogP contribution in [0.5, 0.6) is 5.75 Å². The number of aryl methyl sites for hydroxylation is 1. The van der Waals surface area contributed by atoms with Crippen molar-refractivity contribution >= 4 is 11.7 Å². The zero-order valence-corrected chi connectivity index (χ0v) is 15.1. The van der Waals surface area contributed by atoms with E-state index in [2.05, 4.69) is 20.2 Å². The zero-order chi connectivity index (χ0) is 18.4. The van der Waals surface area contributed by atoms with Crippen LogP contribution in [-0.4, -0.2) is 48.3 Å². The first kappa shape index (κ1) is 18.1. The second-order valence-corrected chi connectivity index (χ2v) is 6.17. The van der Waals surface area contributed by atoms with Crippen LogP contribution in [0, 0.1) is 6.92 Å². The van der Waals surface area contributed by atoms with Gasteiger partial charge < -0.3 is 19.7 Å². The first-order valence-electron chi connectivity index (χ1n) is 8.78. The number of nitrogens with zero attached hydrogens (tertiary/aromatic N) is 3. The first-order chi connectivity index (χ1) is 12.6. The summed E-state index contributed by atoms with van der Waals surface area (Å²) in [5.41, 5.74) is 0.874. The van der Waals surface area contributed by atoms with E-state index in [1.807, 2.05) is 43.3 Å². The number of rotatable bonds is 6. The molecule has 1 fully saturated rings. The summed E-state index contributed by atoms with van der Waals surface area (Å²) in [5.74, 6) is 1.92. The van der Waals surface area contributed by atoms with E-state index in [0.717, 1.165) is 24.6 Å². The summed E-state index contributed by atoms with van der Waals surface area (Å²) in [4.78, 5) is 23.4. The number of benzene rings is 1. The average Bonchev–Trinajstić information content (AvgIpc) is 2.67. The van der Waals surface area contributed by atoms with E-state index in [-0.39, 0.29) is 12.5 Å². The number of hydrogen-bond donors (Lipinski definition) is 1. The quantitative estimate of drug-likeness (QED) is 0.849. The molecule has 0 radical (unpaired) electrons. The number of ether oxygens (including phenoxy) is 2. The standard InChI is InChI=1S/C19H24N4O3/c1-14-12-18(23-8-10-25-11-9-23)22-17(21-14)13-20-19(24)15(2)26-16-6-4-3-5-7-16/h3-7,12,15H,8-11,13H2,1-2H3,(H,20,24)/t15-/m1/s1. The molecule has 7 heteroatoms. The minimum Gasteiger partial charge on any atom is -0.481 e.